The summed E-state index contributed by atoms with van der Waals surface area (Å²) in [6.45, 7) is 27.2. The Hall–Kier alpha value is -5.26. The zero-order valence-electron chi connectivity index (χ0n) is 53.5. The Morgan fingerprint density at radius 3 is 1.19 bits per heavy atom. The van der Waals surface area contributed by atoms with Gasteiger partial charge in [0.1, 0.15) is 14.6 Å². The number of aryl methyl sites for hydroxylation is 1. The monoisotopic (exact) mass is 1380 g/mol. The molecule has 0 saturated heterocycles. The van der Waals surface area contributed by atoms with Crippen LogP contribution in [0.4, 0.5) is 17.1 Å². The van der Waals surface area contributed by atoms with Gasteiger partial charge in [-0.25, -0.2) is 31.2 Å². The van der Waals surface area contributed by atoms with Gasteiger partial charge in [0.2, 0.25) is 0 Å². The molecule has 0 atom stereocenters. The molecule has 474 valence electrons. The quantitative estimate of drug-likeness (QED) is 0.0584. The SMILES string of the molecule is CC(C)(C)c1ccc(S(=O)(=O)N=C2C=CSC2=C([O-])[O-])cc1.CC(C)(C)c1ccc(S(=O)(=O)Nc2ccsc2C(=O)O)cc1.COC(=O)c1sccc1N.COC(=O)c1sccc1NS(=O)(=O)c1ccc(C(C)(C)C)cc1.Cc1ccc(C(C)(C)C)cc1.[Na+].[Na+]. The van der Waals surface area contributed by atoms with Crippen molar-refractivity contribution in [3.63, 3.8) is 0 Å². The zero-order chi connectivity index (χ0) is 66.4. The van der Waals surface area contributed by atoms with E-state index in [1.807, 2.05) is 41.5 Å². The van der Waals surface area contributed by atoms with Gasteiger partial charge in [0.15, 0.2) is 0 Å². The number of hydrogen-bond acceptors (Lipinski definition) is 18. The number of thiophene rings is 3. The minimum Gasteiger partial charge on any atom is -0.883 e. The van der Waals surface area contributed by atoms with Gasteiger partial charge in [0, 0.05) is 4.91 Å². The molecule has 0 bridgehead atoms. The van der Waals surface area contributed by atoms with Crippen LogP contribution in [0.25, 0.3) is 0 Å². The van der Waals surface area contributed by atoms with Crippen LogP contribution in [0.15, 0.2) is 173 Å². The molecule has 90 heavy (non-hydrogen) atoms. The number of ether oxygens (including phenoxy) is 2. The average molecular weight is 1380 g/mol. The summed E-state index contributed by atoms with van der Waals surface area (Å²) in [5.41, 5.74) is 12.0. The van der Waals surface area contributed by atoms with E-state index in [9.17, 15) is 49.9 Å². The Labute approximate surface area is 590 Å². The number of nitrogens with one attached hydrogen (secondary N) is 2. The van der Waals surface area contributed by atoms with Gasteiger partial charge in [-0.3, -0.25) is 9.44 Å². The van der Waals surface area contributed by atoms with Crippen LogP contribution >= 0.6 is 45.8 Å². The fourth-order valence-corrected chi connectivity index (χ4v) is 13.5. The molecular weight excluding hydrogens is 1310 g/mol. The fourth-order valence-electron chi connectivity index (χ4n) is 7.34. The number of nitrogens with zero attached hydrogens (tertiary/aromatic N) is 1. The van der Waals surface area contributed by atoms with Crippen molar-refractivity contribution in [2.75, 3.05) is 29.4 Å². The van der Waals surface area contributed by atoms with E-state index in [1.54, 1.807) is 65.4 Å². The normalized spacial score (nSPS) is 12.7. The first-order chi connectivity index (χ1) is 40.6. The van der Waals surface area contributed by atoms with Crippen molar-refractivity contribution in [1.82, 2.24) is 0 Å². The third kappa shape index (κ3) is 24.0. The summed E-state index contributed by atoms with van der Waals surface area (Å²) in [5.74, 6) is -3.53. The van der Waals surface area contributed by atoms with E-state index >= 15 is 0 Å². The van der Waals surface area contributed by atoms with E-state index in [-0.39, 0.29) is 133 Å². The Kier molecular flexibility index (Phi) is 30.6. The molecule has 18 nitrogen and oxygen atoms in total. The van der Waals surface area contributed by atoms with Crippen molar-refractivity contribution >= 4 is 117 Å². The third-order valence-electron chi connectivity index (χ3n) is 12.5. The number of carboxylic acids is 1. The molecule has 0 aliphatic carbocycles. The van der Waals surface area contributed by atoms with Crippen LogP contribution in [0.1, 0.15) is 140 Å². The van der Waals surface area contributed by atoms with Gasteiger partial charge in [-0.05, 0) is 133 Å². The van der Waals surface area contributed by atoms with Gasteiger partial charge in [-0.2, -0.15) is 18.8 Å². The summed E-state index contributed by atoms with van der Waals surface area (Å²) in [6.07, 6.45) is 1.34. The number of anilines is 3. The van der Waals surface area contributed by atoms with Crippen LogP contribution in [-0.2, 0) is 61.2 Å². The average Bonchev–Trinajstić information content (AvgIpc) is 2.37. The van der Waals surface area contributed by atoms with Crippen LogP contribution in [0.2, 0.25) is 0 Å². The van der Waals surface area contributed by atoms with Crippen molar-refractivity contribution < 1.29 is 124 Å². The van der Waals surface area contributed by atoms with Crippen molar-refractivity contribution in [2.24, 2.45) is 4.40 Å². The second-order valence-corrected chi connectivity index (χ2v) is 32.1. The molecule has 0 fully saturated rings. The molecule has 27 heteroatoms. The maximum atomic E-state index is 12.5. The first kappa shape index (κ1) is 80.8. The summed E-state index contributed by atoms with van der Waals surface area (Å²) >= 11 is 4.26. The first-order valence-electron chi connectivity index (χ1n) is 26.7. The number of carbonyl (C=O) groups excluding carboxylic acids is 2. The molecule has 4 aromatic carbocycles. The fraction of sp³-hybridized carbons (Fsp3) is 0.302. The van der Waals surface area contributed by atoms with Crippen molar-refractivity contribution in [3.8, 4) is 0 Å². The molecule has 1 aliphatic heterocycles. The van der Waals surface area contributed by atoms with Crippen LogP contribution < -0.4 is 84.5 Å². The molecule has 3 aromatic heterocycles. The van der Waals surface area contributed by atoms with Crippen LogP contribution in [0.3, 0.4) is 0 Å². The Morgan fingerprint density at radius 2 is 0.844 bits per heavy atom. The van der Waals surface area contributed by atoms with E-state index in [0.717, 1.165) is 51.1 Å². The topological polar surface area (TPSA) is 301 Å². The first-order valence-corrected chi connectivity index (χ1v) is 34.6. The number of nitrogen functional groups attached to an aromatic ring is 1. The molecule has 4 heterocycles. The number of carbonyl (C=O) groups is 3. The second-order valence-electron chi connectivity index (χ2n) is 23.5. The van der Waals surface area contributed by atoms with Crippen molar-refractivity contribution in [1.29, 1.82) is 0 Å². The van der Waals surface area contributed by atoms with Gasteiger partial charge < -0.3 is 30.5 Å². The van der Waals surface area contributed by atoms with Gasteiger partial charge in [-0.15, -0.1) is 34.0 Å². The maximum absolute atomic E-state index is 12.5. The summed E-state index contributed by atoms with van der Waals surface area (Å²) in [5, 5.41) is 37.2. The van der Waals surface area contributed by atoms with Crippen molar-refractivity contribution in [3.05, 3.63) is 196 Å². The number of esters is 2. The number of hydrogen-bond donors (Lipinski definition) is 4. The number of carboxylic acid groups (broad SMARTS) is 1. The smallest absolute Gasteiger partial charge is 0.883 e. The van der Waals surface area contributed by atoms with Crippen LogP contribution in [0, 0.1) is 6.92 Å². The third-order valence-corrected chi connectivity index (χ3v) is 20.2. The molecule has 0 amide bonds. The van der Waals surface area contributed by atoms with Crippen molar-refractivity contribution in [2.45, 2.75) is 126 Å². The number of benzene rings is 4. The predicted molar refractivity (Wildman–Crippen MR) is 352 cm³/mol. The maximum Gasteiger partial charge on any atom is 1.00 e. The minimum absolute atomic E-state index is 0. The molecule has 5 N–H and O–H groups in total. The molecule has 7 aromatic rings. The summed E-state index contributed by atoms with van der Waals surface area (Å²) < 4.78 is 91.6. The Bertz CT molecular complexity index is 3980. The number of allylic oxidation sites excluding steroid dienone is 2. The van der Waals surface area contributed by atoms with E-state index in [2.05, 4.69) is 96.0 Å². The van der Waals surface area contributed by atoms with Crippen LogP contribution in [0.5, 0.6) is 0 Å². The van der Waals surface area contributed by atoms with E-state index < -0.39 is 48.0 Å². The summed E-state index contributed by atoms with van der Waals surface area (Å²) in [6, 6.07) is 33.1. The van der Waals surface area contributed by atoms with Crippen LogP contribution in [-0.4, -0.2) is 68.2 Å². The summed E-state index contributed by atoms with van der Waals surface area (Å²) in [7, 11) is -8.94. The zero-order valence-corrected chi connectivity index (χ0v) is 63.2. The molecule has 0 saturated carbocycles. The number of rotatable bonds is 11. The predicted octanol–water partition coefficient (Wildman–Crippen LogP) is 6.86. The minimum atomic E-state index is -3.96. The largest absolute Gasteiger partial charge is 1.00 e. The van der Waals surface area contributed by atoms with Gasteiger partial charge in [0.25, 0.3) is 30.1 Å². The molecular formula is C63H74N4Na2O14S7. The van der Waals surface area contributed by atoms with E-state index in [4.69, 9.17) is 10.8 Å². The molecule has 0 spiro atoms. The number of nitrogens with two attached hydrogens (primary N) is 1. The molecule has 0 unspecified atom stereocenters. The molecule has 1 aliphatic rings. The number of methoxy groups -OCH3 is 2. The number of sulfonamides is 3. The number of thioether (sulfide) groups is 1. The standard InChI is InChI=1S/C16H19NO4S2.2C15H17NO4S2.C11H16.C6H7NO2S.2Na/c1-16(2,3)11-5-7-12(8-6-11)23(19,20)17-13-9-10-22-14(13)15(18)21-4;2*1-15(2,3)10-4-6-11(7-5-10)22(19,20)16-12-8-9-21-13(12)14(17)18;1-9-5-7-10(8-6-9)11(2,3)4;1-9-6(8)5-4(7)2-3-10-5;;/h5-10,17H,1-4H3;4-9,17-18H,1-3H3;4-9,16H,1-3H3,(H,17,18);5-8H,1-4H3;2-3H,7H2,1H3;;/q;;;;;2*+1/p-2. The number of aromatic carboxylic acids is 1. The van der Waals surface area contributed by atoms with Gasteiger partial charge in [0.05, 0.1) is 51.7 Å². The molecule has 0 radical (unpaired) electrons. The van der Waals surface area contributed by atoms with E-state index in [1.165, 1.54) is 89.9 Å². The van der Waals surface area contributed by atoms with E-state index in [0.29, 0.717) is 10.6 Å². The summed E-state index contributed by atoms with van der Waals surface area (Å²) in [4.78, 5) is 34.2. The Morgan fingerprint density at radius 1 is 0.511 bits per heavy atom. The van der Waals surface area contributed by atoms with Gasteiger partial charge in [-0.1, -0.05) is 161 Å². The molecule has 8 rings (SSSR count). The second kappa shape index (κ2) is 34.1. The van der Waals surface area contributed by atoms with Gasteiger partial charge >= 0.3 is 77.0 Å². The Balaban J connectivity index is 0.000000394.